The number of hydrogen-bond donors (Lipinski definition) is 0. The molecule has 0 N–H and O–H groups in total. The maximum absolute atomic E-state index is 12.3. The quantitative estimate of drug-likeness (QED) is 0.714. The summed E-state index contributed by atoms with van der Waals surface area (Å²) in [4.78, 5) is 12.3. The zero-order valence-corrected chi connectivity index (χ0v) is 10.6. The Kier molecular flexibility index (Phi) is 2.57. The van der Waals surface area contributed by atoms with Gasteiger partial charge in [0.25, 0.3) is 0 Å². The third-order valence-corrected chi connectivity index (χ3v) is 4.57. The standard InChI is InChI=1S/C16H20O/c1-10(2)11-6-8-12(9-7-11)16(17)15-13-4-3-5-14(13)15/h6-10,13-15H,3-5H2,1-2H3. The van der Waals surface area contributed by atoms with Crippen LogP contribution in [0.4, 0.5) is 0 Å². The average Bonchev–Trinajstić information content (AvgIpc) is 2.81. The summed E-state index contributed by atoms with van der Waals surface area (Å²) in [7, 11) is 0. The number of carbonyl (C=O) groups is 1. The largest absolute Gasteiger partial charge is 0.294 e. The summed E-state index contributed by atoms with van der Waals surface area (Å²) >= 11 is 0. The fourth-order valence-corrected chi connectivity index (χ4v) is 3.44. The SMILES string of the molecule is CC(C)c1ccc(C(=O)C2C3CCCC32)cc1. The van der Waals surface area contributed by atoms with Gasteiger partial charge in [-0.05, 0) is 36.2 Å². The third-order valence-electron chi connectivity index (χ3n) is 4.57. The lowest BCUT2D eigenvalue weighted by Crippen LogP contribution is -2.06. The molecule has 1 aromatic carbocycles. The van der Waals surface area contributed by atoms with E-state index < -0.39 is 0 Å². The molecule has 2 atom stereocenters. The Bertz CT molecular complexity index is 419. The number of benzene rings is 1. The number of carbonyl (C=O) groups excluding carboxylic acids is 1. The molecule has 0 aromatic heterocycles. The van der Waals surface area contributed by atoms with E-state index in [1.165, 1.54) is 24.8 Å². The average molecular weight is 228 g/mol. The zero-order chi connectivity index (χ0) is 12.0. The lowest BCUT2D eigenvalue weighted by molar-refractivity contribution is 0.0951. The molecule has 2 fully saturated rings. The third kappa shape index (κ3) is 1.82. The van der Waals surface area contributed by atoms with Gasteiger partial charge in [0.15, 0.2) is 5.78 Å². The maximum atomic E-state index is 12.3. The van der Waals surface area contributed by atoms with Crippen molar-refractivity contribution in [1.29, 1.82) is 0 Å². The number of hydrogen-bond acceptors (Lipinski definition) is 1. The highest BCUT2D eigenvalue weighted by molar-refractivity contribution is 6.00. The van der Waals surface area contributed by atoms with Crippen molar-refractivity contribution >= 4 is 5.78 Å². The first-order valence-electron chi connectivity index (χ1n) is 6.82. The van der Waals surface area contributed by atoms with E-state index in [-0.39, 0.29) is 0 Å². The van der Waals surface area contributed by atoms with Crippen LogP contribution in [0.1, 0.15) is 54.9 Å². The van der Waals surface area contributed by atoms with E-state index in [9.17, 15) is 4.79 Å². The van der Waals surface area contributed by atoms with Gasteiger partial charge in [-0.15, -0.1) is 0 Å². The molecule has 2 aliphatic rings. The summed E-state index contributed by atoms with van der Waals surface area (Å²) < 4.78 is 0. The van der Waals surface area contributed by atoms with Gasteiger partial charge < -0.3 is 0 Å². The second kappa shape index (κ2) is 3.97. The molecule has 90 valence electrons. The normalized spacial score (nSPS) is 30.4. The second-order valence-corrected chi connectivity index (χ2v) is 5.93. The second-order valence-electron chi connectivity index (χ2n) is 5.93. The molecule has 1 heteroatoms. The van der Waals surface area contributed by atoms with Gasteiger partial charge in [-0.25, -0.2) is 0 Å². The van der Waals surface area contributed by atoms with Crippen molar-refractivity contribution in [1.82, 2.24) is 0 Å². The van der Waals surface area contributed by atoms with Crippen molar-refractivity contribution in [2.24, 2.45) is 17.8 Å². The van der Waals surface area contributed by atoms with Gasteiger partial charge in [-0.3, -0.25) is 4.79 Å². The topological polar surface area (TPSA) is 17.1 Å². The molecule has 2 unspecified atom stereocenters. The fourth-order valence-electron chi connectivity index (χ4n) is 3.44. The van der Waals surface area contributed by atoms with E-state index in [2.05, 4.69) is 26.0 Å². The molecule has 0 spiro atoms. The summed E-state index contributed by atoms with van der Waals surface area (Å²) in [5, 5.41) is 0. The van der Waals surface area contributed by atoms with Crippen molar-refractivity contribution < 1.29 is 4.79 Å². The molecule has 0 saturated heterocycles. The van der Waals surface area contributed by atoms with Gasteiger partial charge >= 0.3 is 0 Å². The summed E-state index contributed by atoms with van der Waals surface area (Å²) in [6, 6.07) is 8.25. The van der Waals surface area contributed by atoms with Gasteiger partial charge in [0, 0.05) is 11.5 Å². The van der Waals surface area contributed by atoms with Crippen LogP contribution < -0.4 is 0 Å². The molecular weight excluding hydrogens is 208 g/mol. The lowest BCUT2D eigenvalue weighted by Gasteiger charge is -2.07. The lowest BCUT2D eigenvalue weighted by atomic mass is 9.97. The minimum absolute atomic E-state index is 0.369. The summed E-state index contributed by atoms with van der Waals surface area (Å²) in [6.07, 6.45) is 3.90. The van der Waals surface area contributed by atoms with Crippen LogP contribution in [0.3, 0.4) is 0 Å². The Morgan fingerprint density at radius 1 is 1.12 bits per heavy atom. The van der Waals surface area contributed by atoms with E-state index >= 15 is 0 Å². The molecule has 0 radical (unpaired) electrons. The molecule has 0 bridgehead atoms. The monoisotopic (exact) mass is 228 g/mol. The molecule has 1 nitrogen and oxygen atoms in total. The van der Waals surface area contributed by atoms with Crippen molar-refractivity contribution in [2.45, 2.75) is 39.0 Å². The number of ketones is 1. The Labute approximate surface area is 103 Å². The first-order chi connectivity index (χ1) is 8.18. The number of rotatable bonds is 3. The van der Waals surface area contributed by atoms with Crippen LogP contribution in [0, 0.1) is 17.8 Å². The molecular formula is C16H20O. The number of Topliss-reactive ketones (excluding diaryl/α,β-unsaturated/α-hetero) is 1. The van der Waals surface area contributed by atoms with Crippen LogP contribution in [0.25, 0.3) is 0 Å². The predicted molar refractivity (Wildman–Crippen MR) is 69.2 cm³/mol. The highest BCUT2D eigenvalue weighted by Crippen LogP contribution is 2.58. The number of fused-ring (bicyclic) bond motifs is 1. The smallest absolute Gasteiger partial charge is 0.166 e. The molecule has 2 aliphatic carbocycles. The molecule has 0 aliphatic heterocycles. The Morgan fingerprint density at radius 2 is 1.71 bits per heavy atom. The van der Waals surface area contributed by atoms with Crippen molar-refractivity contribution in [3.8, 4) is 0 Å². The zero-order valence-electron chi connectivity index (χ0n) is 10.6. The molecule has 0 amide bonds. The van der Waals surface area contributed by atoms with E-state index in [0.717, 1.165) is 17.4 Å². The Morgan fingerprint density at radius 3 is 2.24 bits per heavy atom. The van der Waals surface area contributed by atoms with E-state index in [4.69, 9.17) is 0 Å². The van der Waals surface area contributed by atoms with Gasteiger partial charge in [0.05, 0.1) is 0 Å². The van der Waals surface area contributed by atoms with Crippen LogP contribution in [0.5, 0.6) is 0 Å². The Balaban J connectivity index is 1.74. The van der Waals surface area contributed by atoms with Crippen LogP contribution in [-0.4, -0.2) is 5.78 Å². The van der Waals surface area contributed by atoms with Crippen LogP contribution in [0.15, 0.2) is 24.3 Å². The van der Waals surface area contributed by atoms with E-state index in [1.807, 2.05) is 12.1 Å². The Hall–Kier alpha value is -1.11. The van der Waals surface area contributed by atoms with Crippen molar-refractivity contribution in [3.63, 3.8) is 0 Å². The molecule has 0 heterocycles. The minimum atomic E-state index is 0.369. The molecule has 17 heavy (non-hydrogen) atoms. The van der Waals surface area contributed by atoms with Gasteiger partial charge in [0.2, 0.25) is 0 Å². The predicted octanol–water partition coefficient (Wildman–Crippen LogP) is 4.04. The van der Waals surface area contributed by atoms with Gasteiger partial charge in [0.1, 0.15) is 0 Å². The van der Waals surface area contributed by atoms with Crippen LogP contribution in [0.2, 0.25) is 0 Å². The van der Waals surface area contributed by atoms with Gasteiger partial charge in [-0.2, -0.15) is 0 Å². The maximum Gasteiger partial charge on any atom is 0.166 e. The van der Waals surface area contributed by atoms with E-state index in [1.54, 1.807) is 0 Å². The highest BCUT2D eigenvalue weighted by atomic mass is 16.1. The summed E-state index contributed by atoms with van der Waals surface area (Å²) in [5.74, 6) is 2.77. The van der Waals surface area contributed by atoms with Crippen molar-refractivity contribution in [3.05, 3.63) is 35.4 Å². The minimum Gasteiger partial charge on any atom is -0.294 e. The highest BCUT2D eigenvalue weighted by Gasteiger charge is 2.56. The first-order valence-corrected chi connectivity index (χ1v) is 6.82. The van der Waals surface area contributed by atoms with Gasteiger partial charge in [-0.1, -0.05) is 44.5 Å². The van der Waals surface area contributed by atoms with Crippen LogP contribution in [-0.2, 0) is 0 Å². The van der Waals surface area contributed by atoms with Crippen LogP contribution >= 0.6 is 0 Å². The molecule has 2 saturated carbocycles. The van der Waals surface area contributed by atoms with E-state index in [0.29, 0.717) is 17.6 Å². The first kappa shape index (κ1) is 11.0. The van der Waals surface area contributed by atoms with Crippen molar-refractivity contribution in [2.75, 3.05) is 0 Å². The fraction of sp³-hybridized carbons (Fsp3) is 0.562. The molecule has 3 rings (SSSR count). The summed E-state index contributed by atoms with van der Waals surface area (Å²) in [5.41, 5.74) is 2.24. The molecule has 1 aromatic rings. The summed E-state index contributed by atoms with van der Waals surface area (Å²) in [6.45, 7) is 4.37.